The summed E-state index contributed by atoms with van der Waals surface area (Å²) in [6.45, 7) is 3.73. The molecule has 0 aliphatic heterocycles. The lowest BCUT2D eigenvalue weighted by molar-refractivity contribution is -0.144. The molecule has 7 heteroatoms. The second-order valence-corrected chi connectivity index (χ2v) is 4.07. The van der Waals surface area contributed by atoms with Crippen molar-refractivity contribution in [1.82, 2.24) is 9.78 Å². The van der Waals surface area contributed by atoms with Crippen molar-refractivity contribution in [2.75, 3.05) is 11.9 Å². The Bertz CT molecular complexity index is 601. The minimum absolute atomic E-state index is 0.0601. The summed E-state index contributed by atoms with van der Waals surface area (Å²) in [4.78, 5) is 23.4. The van der Waals surface area contributed by atoms with Gasteiger partial charge in [-0.25, -0.2) is 4.68 Å². The van der Waals surface area contributed by atoms with Gasteiger partial charge in [0.1, 0.15) is 12.4 Å². The summed E-state index contributed by atoms with van der Waals surface area (Å²) in [6, 6.07) is 4.84. The third-order valence-electron chi connectivity index (χ3n) is 2.47. The first-order valence-corrected chi connectivity index (χ1v) is 6.15. The van der Waals surface area contributed by atoms with Gasteiger partial charge in [-0.1, -0.05) is 0 Å². The smallest absolute Gasteiger partial charge is 0.327 e. The van der Waals surface area contributed by atoms with Crippen molar-refractivity contribution >= 4 is 17.7 Å². The molecule has 1 N–H and O–H groups in total. The van der Waals surface area contributed by atoms with Crippen LogP contribution >= 0.6 is 0 Å². The normalized spacial score (nSPS) is 10.3. The quantitative estimate of drug-likeness (QED) is 0.839. The van der Waals surface area contributed by atoms with Crippen LogP contribution in [0, 0.1) is 6.92 Å². The van der Waals surface area contributed by atoms with Crippen LogP contribution < -0.4 is 5.32 Å². The van der Waals surface area contributed by atoms with Crippen LogP contribution in [0.4, 0.5) is 5.82 Å². The predicted molar refractivity (Wildman–Crippen MR) is 70.3 cm³/mol. The summed E-state index contributed by atoms with van der Waals surface area (Å²) in [5, 5.41) is 6.78. The molecule has 106 valence electrons. The predicted octanol–water partition coefficient (Wildman–Crippen LogP) is 1.60. The number of amides is 1. The Morgan fingerprint density at radius 1 is 1.50 bits per heavy atom. The van der Waals surface area contributed by atoms with Crippen molar-refractivity contribution < 1.29 is 18.7 Å². The standard InChI is InChI=1S/C13H15N3O4/c1-3-19-12(17)8-16-11(7-9(2)15-16)14-13(18)10-5-4-6-20-10/h4-7H,3,8H2,1-2H3,(H,14,18). The van der Waals surface area contributed by atoms with Gasteiger partial charge in [-0.05, 0) is 26.0 Å². The van der Waals surface area contributed by atoms with Gasteiger partial charge in [0.2, 0.25) is 0 Å². The third-order valence-corrected chi connectivity index (χ3v) is 2.47. The highest BCUT2D eigenvalue weighted by Gasteiger charge is 2.15. The summed E-state index contributed by atoms with van der Waals surface area (Å²) >= 11 is 0. The first-order chi connectivity index (χ1) is 9.60. The number of ether oxygens (including phenoxy) is 1. The van der Waals surface area contributed by atoms with Gasteiger partial charge in [0.25, 0.3) is 5.91 Å². The Morgan fingerprint density at radius 3 is 2.95 bits per heavy atom. The van der Waals surface area contributed by atoms with Crippen LogP contribution in [0.25, 0.3) is 0 Å². The first kappa shape index (κ1) is 13.9. The zero-order valence-electron chi connectivity index (χ0n) is 11.3. The Balaban J connectivity index is 2.11. The van der Waals surface area contributed by atoms with Gasteiger partial charge >= 0.3 is 5.97 Å². The van der Waals surface area contributed by atoms with E-state index in [1.54, 1.807) is 32.0 Å². The molecule has 0 aliphatic carbocycles. The lowest BCUT2D eigenvalue weighted by Gasteiger charge is -2.07. The second kappa shape index (κ2) is 6.05. The average molecular weight is 277 g/mol. The second-order valence-electron chi connectivity index (χ2n) is 4.07. The van der Waals surface area contributed by atoms with Gasteiger partial charge in [-0.2, -0.15) is 5.10 Å². The van der Waals surface area contributed by atoms with E-state index in [2.05, 4.69) is 10.4 Å². The molecule has 0 aliphatic rings. The molecule has 0 atom stereocenters. The van der Waals surface area contributed by atoms with Crippen LogP contribution in [0.15, 0.2) is 28.9 Å². The Morgan fingerprint density at radius 2 is 2.30 bits per heavy atom. The molecule has 2 aromatic rings. The number of carbonyl (C=O) groups excluding carboxylic acids is 2. The third kappa shape index (κ3) is 3.25. The topological polar surface area (TPSA) is 86.4 Å². The highest BCUT2D eigenvalue weighted by Crippen LogP contribution is 2.12. The molecule has 2 aromatic heterocycles. The molecular formula is C13H15N3O4. The molecule has 0 bridgehead atoms. The van der Waals surface area contributed by atoms with E-state index in [-0.39, 0.29) is 12.3 Å². The molecule has 0 fully saturated rings. The monoisotopic (exact) mass is 277 g/mol. The van der Waals surface area contributed by atoms with Crippen LogP contribution in [0.1, 0.15) is 23.2 Å². The van der Waals surface area contributed by atoms with E-state index in [9.17, 15) is 9.59 Å². The number of aryl methyl sites for hydroxylation is 1. The lowest BCUT2D eigenvalue weighted by atomic mass is 10.4. The molecule has 0 aromatic carbocycles. The van der Waals surface area contributed by atoms with Gasteiger partial charge < -0.3 is 14.5 Å². The maximum atomic E-state index is 11.9. The fourth-order valence-electron chi connectivity index (χ4n) is 1.68. The van der Waals surface area contributed by atoms with Gasteiger partial charge in [-0.3, -0.25) is 9.59 Å². The molecule has 20 heavy (non-hydrogen) atoms. The number of esters is 1. The summed E-state index contributed by atoms with van der Waals surface area (Å²) in [5.41, 5.74) is 0.684. The zero-order valence-corrected chi connectivity index (χ0v) is 11.3. The number of hydrogen-bond donors (Lipinski definition) is 1. The van der Waals surface area contributed by atoms with E-state index in [1.165, 1.54) is 10.9 Å². The average Bonchev–Trinajstić information content (AvgIpc) is 3.00. The molecule has 7 nitrogen and oxygen atoms in total. The minimum Gasteiger partial charge on any atom is -0.465 e. The van der Waals surface area contributed by atoms with Gasteiger partial charge in [0.15, 0.2) is 5.76 Å². The highest BCUT2D eigenvalue weighted by atomic mass is 16.5. The van der Waals surface area contributed by atoms with E-state index in [0.29, 0.717) is 18.1 Å². The molecule has 2 heterocycles. The Labute approximate surface area is 115 Å². The summed E-state index contributed by atoms with van der Waals surface area (Å²) in [5.74, 6) is -0.215. The van der Waals surface area contributed by atoms with Gasteiger partial charge in [0, 0.05) is 6.07 Å². The molecule has 0 saturated carbocycles. The van der Waals surface area contributed by atoms with Crippen LogP contribution in [-0.4, -0.2) is 28.3 Å². The molecule has 1 amide bonds. The van der Waals surface area contributed by atoms with E-state index in [1.807, 2.05) is 0 Å². The van der Waals surface area contributed by atoms with Crippen molar-refractivity contribution in [3.8, 4) is 0 Å². The van der Waals surface area contributed by atoms with Crippen molar-refractivity contribution in [3.63, 3.8) is 0 Å². The van der Waals surface area contributed by atoms with Crippen molar-refractivity contribution in [3.05, 3.63) is 35.9 Å². The highest BCUT2D eigenvalue weighted by molar-refractivity contribution is 6.01. The number of aromatic nitrogens is 2. The number of nitrogens with one attached hydrogen (secondary N) is 1. The fraction of sp³-hybridized carbons (Fsp3) is 0.308. The molecule has 0 spiro atoms. The van der Waals surface area contributed by atoms with Crippen molar-refractivity contribution in [2.24, 2.45) is 0 Å². The number of carbonyl (C=O) groups is 2. The zero-order chi connectivity index (χ0) is 14.5. The number of anilines is 1. The number of hydrogen-bond acceptors (Lipinski definition) is 5. The summed E-state index contributed by atoms with van der Waals surface area (Å²) in [7, 11) is 0. The maximum absolute atomic E-state index is 11.9. The first-order valence-electron chi connectivity index (χ1n) is 6.15. The molecular weight excluding hydrogens is 262 g/mol. The van der Waals surface area contributed by atoms with E-state index >= 15 is 0 Å². The van der Waals surface area contributed by atoms with Crippen molar-refractivity contribution in [2.45, 2.75) is 20.4 Å². The van der Waals surface area contributed by atoms with Crippen LogP contribution in [0.2, 0.25) is 0 Å². The number of rotatable bonds is 5. The van der Waals surface area contributed by atoms with E-state index in [0.717, 1.165) is 0 Å². The van der Waals surface area contributed by atoms with E-state index in [4.69, 9.17) is 9.15 Å². The van der Waals surface area contributed by atoms with Crippen LogP contribution in [0.3, 0.4) is 0 Å². The SMILES string of the molecule is CCOC(=O)Cn1nc(C)cc1NC(=O)c1ccco1. The number of furan rings is 1. The Hall–Kier alpha value is -2.57. The minimum atomic E-state index is -0.413. The fourth-order valence-corrected chi connectivity index (χ4v) is 1.68. The molecule has 0 unspecified atom stereocenters. The van der Waals surface area contributed by atoms with E-state index < -0.39 is 11.9 Å². The van der Waals surface area contributed by atoms with Gasteiger partial charge in [0.05, 0.1) is 18.6 Å². The summed E-state index contributed by atoms with van der Waals surface area (Å²) in [6.07, 6.45) is 1.41. The van der Waals surface area contributed by atoms with Crippen LogP contribution in [0.5, 0.6) is 0 Å². The lowest BCUT2D eigenvalue weighted by Crippen LogP contribution is -2.19. The van der Waals surface area contributed by atoms with Gasteiger partial charge in [-0.15, -0.1) is 0 Å². The molecule has 2 rings (SSSR count). The largest absolute Gasteiger partial charge is 0.465 e. The molecule has 0 radical (unpaired) electrons. The summed E-state index contributed by atoms with van der Waals surface area (Å²) < 4.78 is 11.2. The molecule has 0 saturated heterocycles. The van der Waals surface area contributed by atoms with Crippen LogP contribution in [-0.2, 0) is 16.1 Å². The van der Waals surface area contributed by atoms with Crippen molar-refractivity contribution in [1.29, 1.82) is 0 Å². The maximum Gasteiger partial charge on any atom is 0.327 e. The Kier molecular flexibility index (Phi) is 4.19. The number of nitrogens with zero attached hydrogens (tertiary/aromatic N) is 2.